The van der Waals surface area contributed by atoms with E-state index in [1.807, 2.05) is 19.1 Å². The number of furan rings is 1. The van der Waals surface area contributed by atoms with Gasteiger partial charge in [-0.2, -0.15) is 0 Å². The molecule has 1 aromatic heterocycles. The number of hydrogen-bond acceptors (Lipinski definition) is 2. The molecule has 0 bridgehead atoms. The van der Waals surface area contributed by atoms with Gasteiger partial charge in [-0.1, -0.05) is 6.92 Å². The van der Waals surface area contributed by atoms with Crippen LogP contribution in [0.3, 0.4) is 0 Å². The van der Waals surface area contributed by atoms with Crippen LogP contribution < -0.4 is 5.32 Å². The molecule has 0 amide bonds. The minimum atomic E-state index is -0.572. The molecule has 2 aromatic rings. The van der Waals surface area contributed by atoms with Gasteiger partial charge in [0.15, 0.2) is 0 Å². The zero-order valence-corrected chi connectivity index (χ0v) is 11.3. The van der Waals surface area contributed by atoms with Crippen molar-refractivity contribution < 1.29 is 13.2 Å². The lowest BCUT2D eigenvalue weighted by molar-refractivity contribution is 0.425. The summed E-state index contributed by atoms with van der Waals surface area (Å²) in [6.07, 6.45) is 0.779. The second-order valence-corrected chi connectivity index (χ2v) is 4.50. The van der Waals surface area contributed by atoms with Crippen LogP contribution in [-0.4, -0.2) is 7.05 Å². The Labute approximate surface area is 111 Å². The van der Waals surface area contributed by atoms with E-state index >= 15 is 0 Å². The number of rotatable bonds is 4. The maximum absolute atomic E-state index is 13.9. The van der Waals surface area contributed by atoms with Gasteiger partial charge in [-0.25, -0.2) is 8.78 Å². The number of aryl methyl sites for hydroxylation is 2. The molecule has 0 aliphatic heterocycles. The predicted octanol–water partition coefficient (Wildman–Crippen LogP) is 3.74. The van der Waals surface area contributed by atoms with Crippen molar-refractivity contribution in [3.05, 3.63) is 58.5 Å². The van der Waals surface area contributed by atoms with E-state index < -0.39 is 17.7 Å². The summed E-state index contributed by atoms with van der Waals surface area (Å²) >= 11 is 0. The number of halogens is 2. The van der Waals surface area contributed by atoms with Gasteiger partial charge in [0, 0.05) is 18.1 Å². The third-order valence-electron chi connectivity index (χ3n) is 3.19. The Morgan fingerprint density at radius 3 is 2.53 bits per heavy atom. The van der Waals surface area contributed by atoms with Crippen molar-refractivity contribution in [2.24, 2.45) is 0 Å². The van der Waals surface area contributed by atoms with Crippen molar-refractivity contribution in [1.82, 2.24) is 5.32 Å². The molecule has 102 valence electrons. The maximum atomic E-state index is 13.9. The SMILES string of the molecule is CCc1ccc(C(NC)c2cc(C)c(F)cc2F)o1. The van der Waals surface area contributed by atoms with Crippen LogP contribution in [-0.2, 0) is 6.42 Å². The zero-order valence-electron chi connectivity index (χ0n) is 11.3. The summed E-state index contributed by atoms with van der Waals surface area (Å²) in [5.41, 5.74) is 0.803. The van der Waals surface area contributed by atoms with Crippen LogP contribution in [0.15, 0.2) is 28.7 Å². The number of benzene rings is 1. The fraction of sp³-hybridized carbons (Fsp3) is 0.333. The minimum Gasteiger partial charge on any atom is -0.464 e. The van der Waals surface area contributed by atoms with Gasteiger partial charge in [-0.05, 0) is 37.7 Å². The third kappa shape index (κ3) is 2.68. The highest BCUT2D eigenvalue weighted by molar-refractivity contribution is 5.33. The monoisotopic (exact) mass is 265 g/mol. The van der Waals surface area contributed by atoms with Crippen molar-refractivity contribution in [2.75, 3.05) is 7.05 Å². The van der Waals surface area contributed by atoms with Crippen LogP contribution in [0.2, 0.25) is 0 Å². The summed E-state index contributed by atoms with van der Waals surface area (Å²) in [4.78, 5) is 0. The van der Waals surface area contributed by atoms with Crippen molar-refractivity contribution >= 4 is 0 Å². The molecule has 1 aromatic carbocycles. The summed E-state index contributed by atoms with van der Waals surface area (Å²) in [5, 5.41) is 3.00. The lowest BCUT2D eigenvalue weighted by atomic mass is 10.0. The van der Waals surface area contributed by atoms with Gasteiger partial charge in [-0.3, -0.25) is 0 Å². The Balaban J connectivity index is 2.44. The Kier molecular flexibility index (Phi) is 4.00. The van der Waals surface area contributed by atoms with Gasteiger partial charge in [0.2, 0.25) is 0 Å². The first-order valence-corrected chi connectivity index (χ1v) is 6.28. The molecule has 19 heavy (non-hydrogen) atoms. The Bertz CT molecular complexity index is 578. The van der Waals surface area contributed by atoms with E-state index in [1.54, 1.807) is 14.0 Å². The standard InChI is InChI=1S/C15H17F2NO/c1-4-10-5-6-14(19-10)15(18-3)11-7-9(2)12(16)8-13(11)17/h5-8,15,18H,4H2,1-3H3. The van der Waals surface area contributed by atoms with Gasteiger partial charge in [0.05, 0.1) is 6.04 Å². The highest BCUT2D eigenvalue weighted by atomic mass is 19.1. The predicted molar refractivity (Wildman–Crippen MR) is 70.1 cm³/mol. The van der Waals surface area contributed by atoms with E-state index in [-0.39, 0.29) is 0 Å². The van der Waals surface area contributed by atoms with E-state index in [9.17, 15) is 8.78 Å². The average molecular weight is 265 g/mol. The fourth-order valence-corrected chi connectivity index (χ4v) is 2.09. The molecule has 2 rings (SSSR count). The molecule has 0 aliphatic carbocycles. The maximum Gasteiger partial charge on any atom is 0.131 e. The third-order valence-corrected chi connectivity index (χ3v) is 3.19. The molecule has 0 fully saturated rings. The smallest absolute Gasteiger partial charge is 0.131 e. The molecule has 1 N–H and O–H groups in total. The first-order chi connectivity index (χ1) is 9.06. The van der Waals surface area contributed by atoms with E-state index in [2.05, 4.69) is 5.32 Å². The summed E-state index contributed by atoms with van der Waals surface area (Å²) in [5.74, 6) is 0.362. The molecule has 0 radical (unpaired) electrons. The van der Waals surface area contributed by atoms with E-state index in [0.29, 0.717) is 16.9 Å². The molecule has 0 aliphatic rings. The number of nitrogens with one attached hydrogen (secondary N) is 1. The Morgan fingerprint density at radius 1 is 1.21 bits per heavy atom. The van der Waals surface area contributed by atoms with Crippen molar-refractivity contribution in [1.29, 1.82) is 0 Å². The summed E-state index contributed by atoms with van der Waals surface area (Å²) in [6.45, 7) is 3.60. The van der Waals surface area contributed by atoms with Gasteiger partial charge >= 0.3 is 0 Å². The van der Waals surface area contributed by atoms with E-state index in [4.69, 9.17) is 4.42 Å². The molecule has 1 atom stereocenters. The zero-order chi connectivity index (χ0) is 14.0. The van der Waals surface area contributed by atoms with Crippen molar-refractivity contribution in [3.63, 3.8) is 0 Å². The minimum absolute atomic E-state index is 0.387. The molecule has 1 unspecified atom stereocenters. The molecule has 0 spiro atoms. The molecular weight excluding hydrogens is 248 g/mol. The van der Waals surface area contributed by atoms with Crippen LogP contribution in [0.25, 0.3) is 0 Å². The van der Waals surface area contributed by atoms with E-state index in [0.717, 1.165) is 18.2 Å². The van der Waals surface area contributed by atoms with E-state index in [1.165, 1.54) is 6.07 Å². The number of hydrogen-bond donors (Lipinski definition) is 1. The Hall–Kier alpha value is -1.68. The quantitative estimate of drug-likeness (QED) is 0.911. The van der Waals surface area contributed by atoms with Crippen LogP contribution in [0, 0.1) is 18.6 Å². The Morgan fingerprint density at radius 2 is 1.95 bits per heavy atom. The van der Waals surface area contributed by atoms with Crippen LogP contribution in [0.4, 0.5) is 8.78 Å². The van der Waals surface area contributed by atoms with Gasteiger partial charge in [0.1, 0.15) is 23.2 Å². The van der Waals surface area contributed by atoms with Crippen LogP contribution >= 0.6 is 0 Å². The topological polar surface area (TPSA) is 25.2 Å². The first kappa shape index (κ1) is 13.7. The van der Waals surface area contributed by atoms with Crippen LogP contribution in [0.1, 0.15) is 35.6 Å². The average Bonchev–Trinajstić information content (AvgIpc) is 2.85. The summed E-state index contributed by atoms with van der Waals surface area (Å²) in [6, 6.07) is 5.70. The highest BCUT2D eigenvalue weighted by Crippen LogP contribution is 2.27. The second-order valence-electron chi connectivity index (χ2n) is 4.50. The van der Waals surface area contributed by atoms with Gasteiger partial charge in [-0.15, -0.1) is 0 Å². The largest absolute Gasteiger partial charge is 0.464 e. The summed E-state index contributed by atoms with van der Waals surface area (Å²) < 4.78 is 32.9. The molecule has 1 heterocycles. The van der Waals surface area contributed by atoms with Gasteiger partial charge in [0.25, 0.3) is 0 Å². The fourth-order valence-electron chi connectivity index (χ4n) is 2.09. The first-order valence-electron chi connectivity index (χ1n) is 6.28. The molecule has 4 heteroatoms. The van der Waals surface area contributed by atoms with Crippen molar-refractivity contribution in [3.8, 4) is 0 Å². The van der Waals surface area contributed by atoms with Gasteiger partial charge < -0.3 is 9.73 Å². The second kappa shape index (κ2) is 5.53. The lowest BCUT2D eigenvalue weighted by Gasteiger charge is -2.16. The molecular formula is C15H17F2NO. The van der Waals surface area contributed by atoms with Crippen molar-refractivity contribution in [2.45, 2.75) is 26.3 Å². The summed E-state index contributed by atoms with van der Waals surface area (Å²) in [7, 11) is 1.72. The molecule has 0 saturated carbocycles. The molecule has 0 saturated heterocycles. The normalized spacial score (nSPS) is 12.7. The highest BCUT2D eigenvalue weighted by Gasteiger charge is 2.20. The lowest BCUT2D eigenvalue weighted by Crippen LogP contribution is -2.18. The van der Waals surface area contributed by atoms with Crippen LogP contribution in [0.5, 0.6) is 0 Å². The molecule has 2 nitrogen and oxygen atoms in total.